The summed E-state index contributed by atoms with van der Waals surface area (Å²) in [7, 11) is -1.56. The van der Waals surface area contributed by atoms with Crippen LogP contribution in [-0.2, 0) is 0 Å². The van der Waals surface area contributed by atoms with Gasteiger partial charge in [0.1, 0.15) is 0 Å². The zero-order valence-electron chi connectivity index (χ0n) is 19.8. The Balaban J connectivity index is 1.62. The molecular weight excluding hydrogens is 442 g/mol. The van der Waals surface area contributed by atoms with Crippen LogP contribution < -0.4 is 13.7 Å². The first-order chi connectivity index (χ1) is 17.3. The van der Waals surface area contributed by atoms with Crippen molar-refractivity contribution in [3.8, 4) is 0 Å². The molecule has 4 aromatic carbocycles. The minimum absolute atomic E-state index is 0.239. The summed E-state index contributed by atoms with van der Waals surface area (Å²) in [6.07, 6.45) is 9.06. The SMILES string of the molecule is CC1C=CC=CC1N(c1ccccc1)[Si]1N(c2ccccc2)c2ccccc2N1c1ccccc1. The highest BCUT2D eigenvalue weighted by Gasteiger charge is 2.48. The van der Waals surface area contributed by atoms with Crippen molar-refractivity contribution in [3.05, 3.63) is 140 Å². The highest BCUT2D eigenvalue weighted by atomic mass is 28.3. The summed E-state index contributed by atoms with van der Waals surface area (Å²) in [5.74, 6) is 0.386. The third-order valence-corrected chi connectivity index (χ3v) is 9.50. The number of fused-ring (bicyclic) bond motifs is 1. The number of allylic oxidation sites excluding steroid dienone is 2. The van der Waals surface area contributed by atoms with E-state index < -0.39 is 9.28 Å². The molecule has 1 radical (unpaired) electrons. The lowest BCUT2D eigenvalue weighted by molar-refractivity contribution is 0.620. The molecule has 6 rings (SSSR count). The van der Waals surface area contributed by atoms with Crippen molar-refractivity contribution >= 4 is 37.7 Å². The van der Waals surface area contributed by atoms with Gasteiger partial charge >= 0.3 is 9.28 Å². The first-order valence-corrected chi connectivity index (χ1v) is 13.5. The highest BCUT2D eigenvalue weighted by Crippen LogP contribution is 2.48. The van der Waals surface area contributed by atoms with Gasteiger partial charge in [-0.2, -0.15) is 0 Å². The molecule has 0 N–H and O–H groups in total. The van der Waals surface area contributed by atoms with Crippen molar-refractivity contribution in [2.24, 2.45) is 5.92 Å². The molecule has 3 nitrogen and oxygen atoms in total. The van der Waals surface area contributed by atoms with Crippen LogP contribution >= 0.6 is 0 Å². The Morgan fingerprint density at radius 3 is 1.54 bits per heavy atom. The summed E-state index contributed by atoms with van der Waals surface area (Å²) in [4.78, 5) is 0. The lowest BCUT2D eigenvalue weighted by Gasteiger charge is -2.44. The number of hydrogen-bond acceptors (Lipinski definition) is 3. The molecular formula is C31H28N3Si. The third kappa shape index (κ3) is 3.86. The van der Waals surface area contributed by atoms with Crippen LogP contribution in [-0.4, -0.2) is 15.3 Å². The van der Waals surface area contributed by atoms with Gasteiger partial charge in [-0.05, 0) is 54.4 Å². The summed E-state index contributed by atoms with van der Waals surface area (Å²) in [5, 5.41) is 0. The molecule has 0 aromatic heterocycles. The lowest BCUT2D eigenvalue weighted by atomic mass is 9.97. The normalized spacial score (nSPS) is 19.1. The zero-order valence-corrected chi connectivity index (χ0v) is 20.8. The monoisotopic (exact) mass is 470 g/mol. The first-order valence-electron chi connectivity index (χ1n) is 12.2. The van der Waals surface area contributed by atoms with Gasteiger partial charge in [-0.1, -0.05) is 98.0 Å². The fourth-order valence-corrected chi connectivity index (χ4v) is 8.24. The van der Waals surface area contributed by atoms with Crippen LogP contribution in [0, 0.1) is 5.92 Å². The molecule has 35 heavy (non-hydrogen) atoms. The molecule has 0 fully saturated rings. The minimum atomic E-state index is -1.56. The van der Waals surface area contributed by atoms with Crippen molar-refractivity contribution < 1.29 is 0 Å². The van der Waals surface area contributed by atoms with Crippen LogP contribution in [0.15, 0.2) is 140 Å². The fourth-order valence-electron chi connectivity index (χ4n) is 5.07. The number of para-hydroxylation sites is 5. The predicted molar refractivity (Wildman–Crippen MR) is 150 cm³/mol. The van der Waals surface area contributed by atoms with Gasteiger partial charge in [0.05, 0.1) is 11.4 Å². The third-order valence-electron chi connectivity index (χ3n) is 6.71. The van der Waals surface area contributed by atoms with E-state index in [1.165, 1.54) is 28.4 Å². The van der Waals surface area contributed by atoms with Gasteiger partial charge in [-0.25, -0.2) is 0 Å². The molecule has 4 aromatic rings. The van der Waals surface area contributed by atoms with Gasteiger partial charge < -0.3 is 13.7 Å². The van der Waals surface area contributed by atoms with Gasteiger partial charge in [0, 0.05) is 23.1 Å². The molecule has 1 aliphatic carbocycles. The zero-order chi connectivity index (χ0) is 23.6. The Kier molecular flexibility index (Phi) is 5.72. The molecule has 1 heterocycles. The Hall–Kier alpha value is -4.02. The Morgan fingerprint density at radius 1 is 0.571 bits per heavy atom. The molecule has 1 aliphatic heterocycles. The van der Waals surface area contributed by atoms with E-state index in [2.05, 4.69) is 160 Å². The van der Waals surface area contributed by atoms with Gasteiger partial charge in [0.25, 0.3) is 0 Å². The summed E-state index contributed by atoms with van der Waals surface area (Å²) in [5.41, 5.74) is 6.18. The van der Waals surface area contributed by atoms with Crippen molar-refractivity contribution in [2.75, 3.05) is 13.7 Å². The second kappa shape index (κ2) is 9.32. The molecule has 0 saturated carbocycles. The molecule has 4 heteroatoms. The average molecular weight is 471 g/mol. The molecule has 0 bridgehead atoms. The van der Waals surface area contributed by atoms with Crippen LogP contribution in [0.25, 0.3) is 0 Å². The topological polar surface area (TPSA) is 9.72 Å². The van der Waals surface area contributed by atoms with Crippen molar-refractivity contribution in [2.45, 2.75) is 13.0 Å². The van der Waals surface area contributed by atoms with Crippen molar-refractivity contribution in [1.82, 2.24) is 0 Å². The van der Waals surface area contributed by atoms with E-state index in [1.54, 1.807) is 0 Å². The van der Waals surface area contributed by atoms with Gasteiger partial charge in [-0.3, -0.25) is 0 Å². The summed E-state index contributed by atoms with van der Waals surface area (Å²) < 4.78 is 7.84. The quantitative estimate of drug-likeness (QED) is 0.278. The summed E-state index contributed by atoms with van der Waals surface area (Å²) >= 11 is 0. The minimum Gasteiger partial charge on any atom is -0.355 e. The Labute approximate surface area is 209 Å². The number of hydrogen-bond donors (Lipinski definition) is 0. The van der Waals surface area contributed by atoms with E-state index >= 15 is 0 Å². The fraction of sp³-hybridized carbons (Fsp3) is 0.0968. The Morgan fingerprint density at radius 2 is 1.03 bits per heavy atom. The van der Waals surface area contributed by atoms with Crippen LogP contribution in [0.3, 0.4) is 0 Å². The van der Waals surface area contributed by atoms with E-state index in [9.17, 15) is 0 Å². The van der Waals surface area contributed by atoms with Gasteiger partial charge in [0.15, 0.2) is 0 Å². The number of rotatable bonds is 5. The smallest absolute Gasteiger partial charge is 0.355 e. The number of anilines is 5. The largest absolute Gasteiger partial charge is 0.445 e. The van der Waals surface area contributed by atoms with Crippen LogP contribution in [0.4, 0.5) is 28.4 Å². The van der Waals surface area contributed by atoms with Crippen molar-refractivity contribution in [1.29, 1.82) is 0 Å². The maximum atomic E-state index is 2.68. The average Bonchev–Trinajstić information content (AvgIpc) is 3.26. The van der Waals surface area contributed by atoms with E-state index in [1.807, 2.05) is 0 Å². The van der Waals surface area contributed by atoms with Crippen LogP contribution in [0.2, 0.25) is 0 Å². The maximum absolute atomic E-state index is 2.68. The molecule has 2 unspecified atom stereocenters. The van der Waals surface area contributed by atoms with E-state index in [0.717, 1.165) is 0 Å². The molecule has 0 spiro atoms. The molecule has 2 atom stereocenters. The number of benzene rings is 4. The molecule has 2 aliphatic rings. The van der Waals surface area contributed by atoms with Crippen LogP contribution in [0.1, 0.15) is 6.92 Å². The van der Waals surface area contributed by atoms with Crippen LogP contribution in [0.5, 0.6) is 0 Å². The summed E-state index contributed by atoms with van der Waals surface area (Å²) in [6.45, 7) is 2.32. The van der Waals surface area contributed by atoms with Crippen molar-refractivity contribution in [3.63, 3.8) is 0 Å². The molecule has 171 valence electrons. The predicted octanol–water partition coefficient (Wildman–Crippen LogP) is 7.60. The summed E-state index contributed by atoms with van der Waals surface area (Å²) in [6, 6.07) is 41.7. The second-order valence-electron chi connectivity index (χ2n) is 8.96. The number of nitrogens with zero attached hydrogens (tertiary/aromatic N) is 3. The Bertz CT molecular complexity index is 1270. The molecule has 0 saturated heterocycles. The van der Waals surface area contributed by atoms with E-state index in [4.69, 9.17) is 0 Å². The maximum Gasteiger partial charge on any atom is 0.445 e. The second-order valence-corrected chi connectivity index (χ2v) is 10.9. The molecule has 0 amide bonds. The van der Waals surface area contributed by atoms with E-state index in [0.29, 0.717) is 5.92 Å². The first kappa shape index (κ1) is 21.5. The van der Waals surface area contributed by atoms with E-state index in [-0.39, 0.29) is 6.04 Å². The highest BCUT2D eigenvalue weighted by molar-refractivity contribution is 6.76. The standard InChI is InChI=1S/C31H28N3Si/c1-25-15-11-12-22-29(25)32(26-16-5-2-6-17-26)35-33(27-18-7-3-8-19-27)30-23-13-14-24-31(30)34(35)28-20-9-4-10-21-28/h2-25,29H,1H3. The van der Waals surface area contributed by atoms with Gasteiger partial charge in [0.2, 0.25) is 0 Å². The lowest BCUT2D eigenvalue weighted by Crippen LogP contribution is -2.62. The van der Waals surface area contributed by atoms with Gasteiger partial charge in [-0.15, -0.1) is 0 Å².